The van der Waals surface area contributed by atoms with Gasteiger partial charge in [0.15, 0.2) is 0 Å². The van der Waals surface area contributed by atoms with Crippen LogP contribution in [0.2, 0.25) is 0 Å². The molecule has 17 heavy (non-hydrogen) atoms. The van der Waals surface area contributed by atoms with Crippen LogP contribution in [0.15, 0.2) is 22.7 Å². The predicted octanol–water partition coefficient (Wildman–Crippen LogP) is 3.88. The minimum Gasteiger partial charge on any atom is -0.389 e. The van der Waals surface area contributed by atoms with Crippen molar-refractivity contribution in [3.05, 3.63) is 28.2 Å². The Balaban J connectivity index is 2.24. The first-order valence-electron chi connectivity index (χ1n) is 6.33. The molecular weight excluding hydrogens is 278 g/mol. The van der Waals surface area contributed by atoms with E-state index in [1.807, 2.05) is 6.07 Å². The largest absolute Gasteiger partial charge is 0.389 e. The van der Waals surface area contributed by atoms with E-state index in [9.17, 15) is 5.11 Å². The van der Waals surface area contributed by atoms with Crippen LogP contribution in [-0.4, -0.2) is 17.7 Å². The summed E-state index contributed by atoms with van der Waals surface area (Å²) in [7, 11) is 0. The molecule has 0 saturated carbocycles. The van der Waals surface area contributed by atoms with Crippen molar-refractivity contribution < 1.29 is 5.11 Å². The predicted molar refractivity (Wildman–Crippen MR) is 75.4 cm³/mol. The normalized spacial score (nSPS) is 22.6. The molecule has 1 aliphatic heterocycles. The lowest BCUT2D eigenvalue weighted by Gasteiger charge is -2.35. The highest BCUT2D eigenvalue weighted by atomic mass is 79.9. The molecule has 0 spiro atoms. The van der Waals surface area contributed by atoms with Crippen LogP contribution in [0, 0.1) is 0 Å². The van der Waals surface area contributed by atoms with Crippen molar-refractivity contribution in [3.63, 3.8) is 0 Å². The number of rotatable bonds is 2. The van der Waals surface area contributed by atoms with E-state index < -0.39 is 6.10 Å². The Labute approximate surface area is 112 Å². The summed E-state index contributed by atoms with van der Waals surface area (Å²) < 4.78 is 1.00. The molecular formula is C14H20BrNO. The van der Waals surface area contributed by atoms with E-state index >= 15 is 0 Å². The summed E-state index contributed by atoms with van der Waals surface area (Å²) in [6, 6.07) is 6.89. The standard InChI is InChI=1S/C14H20BrNO/c1-10-5-3-4-8-16(10)12-6-7-13(11(2)17)14(15)9-12/h6-7,9-11,17H,3-5,8H2,1-2H3. The second-order valence-electron chi connectivity index (χ2n) is 4.92. The van der Waals surface area contributed by atoms with Gasteiger partial charge in [0.1, 0.15) is 0 Å². The van der Waals surface area contributed by atoms with Crippen molar-refractivity contribution in [2.75, 3.05) is 11.4 Å². The molecule has 1 N–H and O–H groups in total. The van der Waals surface area contributed by atoms with Gasteiger partial charge in [-0.3, -0.25) is 0 Å². The number of aliphatic hydroxyl groups excluding tert-OH is 1. The molecule has 1 aliphatic rings. The maximum absolute atomic E-state index is 9.61. The molecule has 0 amide bonds. The minimum absolute atomic E-state index is 0.419. The zero-order valence-corrected chi connectivity index (χ0v) is 12.1. The highest BCUT2D eigenvalue weighted by molar-refractivity contribution is 9.10. The molecule has 3 heteroatoms. The molecule has 2 unspecified atom stereocenters. The molecule has 1 fully saturated rings. The number of anilines is 1. The first-order chi connectivity index (χ1) is 8.09. The molecule has 94 valence electrons. The van der Waals surface area contributed by atoms with Crippen LogP contribution in [-0.2, 0) is 0 Å². The summed E-state index contributed by atoms with van der Waals surface area (Å²) in [5, 5.41) is 9.61. The quantitative estimate of drug-likeness (QED) is 0.895. The molecule has 0 aliphatic carbocycles. The second-order valence-corrected chi connectivity index (χ2v) is 5.77. The summed E-state index contributed by atoms with van der Waals surface area (Å²) in [5.41, 5.74) is 2.21. The second kappa shape index (κ2) is 5.40. The Morgan fingerprint density at radius 1 is 1.41 bits per heavy atom. The van der Waals surface area contributed by atoms with Crippen molar-refractivity contribution >= 4 is 21.6 Å². The fourth-order valence-corrected chi connectivity index (χ4v) is 3.21. The van der Waals surface area contributed by atoms with Crippen LogP contribution >= 0.6 is 15.9 Å². The average Bonchev–Trinajstić information content (AvgIpc) is 2.29. The Hall–Kier alpha value is -0.540. The van der Waals surface area contributed by atoms with E-state index in [0.29, 0.717) is 6.04 Å². The minimum atomic E-state index is -0.419. The average molecular weight is 298 g/mol. The number of piperidine rings is 1. The number of benzene rings is 1. The molecule has 0 bridgehead atoms. The van der Waals surface area contributed by atoms with E-state index in [-0.39, 0.29) is 0 Å². The van der Waals surface area contributed by atoms with Gasteiger partial charge in [0.05, 0.1) is 6.10 Å². The molecule has 2 nitrogen and oxygen atoms in total. The first kappa shape index (κ1) is 12.9. The van der Waals surface area contributed by atoms with Gasteiger partial charge in [-0.1, -0.05) is 22.0 Å². The number of nitrogens with zero attached hydrogens (tertiary/aromatic N) is 1. The molecule has 2 atom stereocenters. The molecule has 1 aromatic rings. The highest BCUT2D eigenvalue weighted by Gasteiger charge is 2.19. The number of hydrogen-bond acceptors (Lipinski definition) is 2. The van der Waals surface area contributed by atoms with Gasteiger partial charge in [-0.2, -0.15) is 0 Å². The van der Waals surface area contributed by atoms with Gasteiger partial charge in [-0.25, -0.2) is 0 Å². The van der Waals surface area contributed by atoms with Crippen molar-refractivity contribution in [2.45, 2.75) is 45.3 Å². The van der Waals surface area contributed by atoms with Crippen molar-refractivity contribution in [1.29, 1.82) is 0 Å². The van der Waals surface area contributed by atoms with Crippen molar-refractivity contribution in [3.8, 4) is 0 Å². The zero-order valence-electron chi connectivity index (χ0n) is 10.5. The lowest BCUT2D eigenvalue weighted by atomic mass is 10.0. The van der Waals surface area contributed by atoms with Gasteiger partial charge >= 0.3 is 0 Å². The van der Waals surface area contributed by atoms with E-state index in [1.54, 1.807) is 6.92 Å². The molecule has 0 aromatic heterocycles. The summed E-state index contributed by atoms with van der Waals surface area (Å²) in [5.74, 6) is 0. The van der Waals surface area contributed by atoms with Crippen molar-refractivity contribution in [1.82, 2.24) is 0 Å². The maximum atomic E-state index is 9.61. The molecule has 0 radical (unpaired) electrons. The molecule has 1 saturated heterocycles. The van der Waals surface area contributed by atoms with Crippen LogP contribution in [0.1, 0.15) is 44.8 Å². The molecule has 1 aromatic carbocycles. The smallest absolute Gasteiger partial charge is 0.0772 e. The van der Waals surface area contributed by atoms with Crippen LogP contribution in [0.3, 0.4) is 0 Å². The maximum Gasteiger partial charge on any atom is 0.0772 e. The van der Waals surface area contributed by atoms with Gasteiger partial charge < -0.3 is 10.0 Å². The lowest BCUT2D eigenvalue weighted by Crippen LogP contribution is -2.37. The first-order valence-corrected chi connectivity index (χ1v) is 7.13. The fraction of sp³-hybridized carbons (Fsp3) is 0.571. The summed E-state index contributed by atoms with van der Waals surface area (Å²) >= 11 is 3.55. The fourth-order valence-electron chi connectivity index (χ4n) is 2.52. The number of halogens is 1. The van der Waals surface area contributed by atoms with E-state index in [0.717, 1.165) is 16.6 Å². The topological polar surface area (TPSA) is 23.5 Å². The van der Waals surface area contributed by atoms with E-state index in [1.165, 1.54) is 24.9 Å². The number of hydrogen-bond donors (Lipinski definition) is 1. The van der Waals surface area contributed by atoms with E-state index in [2.05, 4.69) is 39.9 Å². The van der Waals surface area contributed by atoms with Crippen LogP contribution in [0.4, 0.5) is 5.69 Å². The highest BCUT2D eigenvalue weighted by Crippen LogP contribution is 2.31. The third kappa shape index (κ3) is 2.83. The van der Waals surface area contributed by atoms with Gasteiger partial charge in [0, 0.05) is 22.7 Å². The molecule has 1 heterocycles. The van der Waals surface area contributed by atoms with Crippen LogP contribution < -0.4 is 4.90 Å². The summed E-state index contributed by atoms with van der Waals surface area (Å²) in [6.45, 7) is 5.22. The third-order valence-electron chi connectivity index (χ3n) is 3.57. The Morgan fingerprint density at radius 2 is 2.18 bits per heavy atom. The monoisotopic (exact) mass is 297 g/mol. The van der Waals surface area contributed by atoms with Crippen molar-refractivity contribution in [2.24, 2.45) is 0 Å². The van der Waals surface area contributed by atoms with Gasteiger partial charge in [-0.15, -0.1) is 0 Å². The van der Waals surface area contributed by atoms with Crippen LogP contribution in [0.5, 0.6) is 0 Å². The van der Waals surface area contributed by atoms with Gasteiger partial charge in [0.2, 0.25) is 0 Å². The SMILES string of the molecule is CC(O)c1ccc(N2CCCCC2C)cc1Br. The van der Waals surface area contributed by atoms with Gasteiger partial charge in [-0.05, 0) is 50.8 Å². The third-order valence-corrected chi connectivity index (χ3v) is 4.26. The van der Waals surface area contributed by atoms with Crippen LogP contribution in [0.25, 0.3) is 0 Å². The number of aliphatic hydroxyl groups is 1. The zero-order chi connectivity index (χ0) is 12.4. The Morgan fingerprint density at radius 3 is 2.76 bits per heavy atom. The Kier molecular flexibility index (Phi) is 4.10. The Bertz CT molecular complexity index is 392. The van der Waals surface area contributed by atoms with Gasteiger partial charge in [0.25, 0.3) is 0 Å². The summed E-state index contributed by atoms with van der Waals surface area (Å²) in [4.78, 5) is 2.46. The summed E-state index contributed by atoms with van der Waals surface area (Å²) in [6.07, 6.45) is 3.47. The molecule has 2 rings (SSSR count). The lowest BCUT2D eigenvalue weighted by molar-refractivity contribution is 0.198. The van der Waals surface area contributed by atoms with E-state index in [4.69, 9.17) is 0 Å².